The molecule has 1 amide bonds. The highest BCUT2D eigenvalue weighted by atomic mass is 32.2. The lowest BCUT2D eigenvalue weighted by atomic mass is 10.1. The maximum absolute atomic E-state index is 13.4. The molecule has 1 aliphatic heterocycles. The number of nitrogens with one attached hydrogen (secondary N) is 3. The van der Waals surface area contributed by atoms with Crippen LogP contribution in [-0.2, 0) is 27.4 Å². The second kappa shape index (κ2) is 9.21. The van der Waals surface area contributed by atoms with Gasteiger partial charge in [0.2, 0.25) is 0 Å². The number of benzene rings is 2. The largest absolute Gasteiger partial charge is 0.483 e. The van der Waals surface area contributed by atoms with Gasteiger partial charge in [0.1, 0.15) is 5.75 Å². The number of carbonyl (C=O) groups is 1. The molecule has 8 nitrogen and oxygen atoms in total. The van der Waals surface area contributed by atoms with E-state index in [0.717, 1.165) is 6.07 Å². The number of ether oxygens (including phenoxy) is 1. The van der Waals surface area contributed by atoms with E-state index in [0.29, 0.717) is 24.2 Å². The lowest BCUT2D eigenvalue weighted by molar-refractivity contribution is -0.139. The van der Waals surface area contributed by atoms with Gasteiger partial charge >= 0.3 is 6.18 Å². The standard InChI is InChI=1S/C22H19F3N4O4S/c23-22(24,25)18-11-19-14(6-8-27-19)9-20(18)33-13-21(30)28-15-3-1-5-17(10-15)34(31,32)29-16-4-2-7-26-12-16/h1-5,7,9-12,27,29H,6,8,13H2,(H,28,30). The Balaban J connectivity index is 1.45. The van der Waals surface area contributed by atoms with Gasteiger partial charge in [-0.2, -0.15) is 13.2 Å². The first-order chi connectivity index (χ1) is 16.1. The molecule has 3 aromatic rings. The Hall–Kier alpha value is -3.80. The van der Waals surface area contributed by atoms with Crippen molar-refractivity contribution < 1.29 is 31.1 Å². The van der Waals surface area contributed by atoms with Gasteiger partial charge in [-0.15, -0.1) is 0 Å². The molecule has 0 saturated heterocycles. The highest BCUT2D eigenvalue weighted by molar-refractivity contribution is 7.92. The summed E-state index contributed by atoms with van der Waals surface area (Å²) in [7, 11) is -3.96. The summed E-state index contributed by atoms with van der Waals surface area (Å²) < 4.78 is 73.0. The van der Waals surface area contributed by atoms with E-state index in [1.54, 1.807) is 6.07 Å². The maximum atomic E-state index is 13.4. The zero-order valence-corrected chi connectivity index (χ0v) is 18.3. The van der Waals surface area contributed by atoms with Crippen LogP contribution < -0.4 is 20.1 Å². The number of halogens is 3. The fourth-order valence-corrected chi connectivity index (χ4v) is 4.47. The average Bonchev–Trinajstić information content (AvgIpc) is 3.25. The van der Waals surface area contributed by atoms with Crippen LogP contribution in [0.1, 0.15) is 11.1 Å². The predicted molar refractivity (Wildman–Crippen MR) is 119 cm³/mol. The van der Waals surface area contributed by atoms with Gasteiger partial charge in [0.25, 0.3) is 15.9 Å². The van der Waals surface area contributed by atoms with Crippen molar-refractivity contribution in [1.82, 2.24) is 4.98 Å². The molecule has 1 aromatic heterocycles. The van der Waals surface area contributed by atoms with Gasteiger partial charge in [0, 0.05) is 24.1 Å². The van der Waals surface area contributed by atoms with Crippen molar-refractivity contribution in [2.75, 3.05) is 28.5 Å². The number of hydrogen-bond acceptors (Lipinski definition) is 6. The molecule has 2 aromatic carbocycles. The number of rotatable bonds is 7. The van der Waals surface area contributed by atoms with Gasteiger partial charge in [-0.05, 0) is 54.4 Å². The highest BCUT2D eigenvalue weighted by Crippen LogP contribution is 2.40. The topological polar surface area (TPSA) is 109 Å². The molecule has 4 rings (SSSR count). The number of pyridine rings is 1. The summed E-state index contributed by atoms with van der Waals surface area (Å²) in [6.45, 7) is -0.175. The minimum absolute atomic E-state index is 0.124. The third-order valence-corrected chi connectivity index (χ3v) is 6.30. The Kier molecular flexibility index (Phi) is 6.33. The molecule has 0 unspecified atom stereocenters. The fourth-order valence-electron chi connectivity index (χ4n) is 3.38. The van der Waals surface area contributed by atoms with Crippen LogP contribution in [0, 0.1) is 0 Å². The molecule has 34 heavy (non-hydrogen) atoms. The number of carbonyl (C=O) groups excluding carboxylic acids is 1. The smallest absolute Gasteiger partial charge is 0.420 e. The molecule has 178 valence electrons. The van der Waals surface area contributed by atoms with Gasteiger partial charge in [-0.3, -0.25) is 14.5 Å². The average molecular weight is 492 g/mol. The van der Waals surface area contributed by atoms with Crippen LogP contribution in [0.3, 0.4) is 0 Å². The summed E-state index contributed by atoms with van der Waals surface area (Å²) >= 11 is 0. The first-order valence-corrected chi connectivity index (χ1v) is 11.5. The predicted octanol–water partition coefficient (Wildman–Crippen LogP) is 3.89. The van der Waals surface area contributed by atoms with Crippen LogP contribution in [0.2, 0.25) is 0 Å². The molecule has 3 N–H and O–H groups in total. The summed E-state index contributed by atoms with van der Waals surface area (Å²) in [5.74, 6) is -1.19. The summed E-state index contributed by atoms with van der Waals surface area (Å²) in [5, 5.41) is 5.31. The van der Waals surface area contributed by atoms with E-state index < -0.39 is 40.0 Å². The lowest BCUT2D eigenvalue weighted by Gasteiger charge is -2.16. The molecular weight excluding hydrogens is 473 g/mol. The van der Waals surface area contributed by atoms with E-state index in [1.807, 2.05) is 0 Å². The Morgan fingerprint density at radius 2 is 1.91 bits per heavy atom. The molecule has 0 fully saturated rings. The van der Waals surface area contributed by atoms with E-state index in [4.69, 9.17) is 4.74 Å². The summed E-state index contributed by atoms with van der Waals surface area (Å²) in [5.41, 5.74) is 0.472. The zero-order valence-electron chi connectivity index (χ0n) is 17.5. The summed E-state index contributed by atoms with van der Waals surface area (Å²) in [4.78, 5) is 16.0. The first-order valence-electron chi connectivity index (χ1n) is 10.1. The number of hydrogen-bond donors (Lipinski definition) is 3. The summed E-state index contributed by atoms with van der Waals surface area (Å²) in [6.07, 6.45) is -1.28. The van der Waals surface area contributed by atoms with E-state index in [2.05, 4.69) is 20.3 Å². The Morgan fingerprint density at radius 1 is 1.12 bits per heavy atom. The van der Waals surface area contributed by atoms with Crippen LogP contribution in [0.4, 0.5) is 30.2 Å². The molecule has 0 spiro atoms. The molecule has 0 bridgehead atoms. The molecule has 0 saturated carbocycles. The second-order valence-electron chi connectivity index (χ2n) is 7.39. The minimum Gasteiger partial charge on any atom is -0.483 e. The quantitative estimate of drug-likeness (QED) is 0.462. The first kappa shape index (κ1) is 23.4. The van der Waals surface area contributed by atoms with Crippen LogP contribution in [0.15, 0.2) is 65.8 Å². The van der Waals surface area contributed by atoms with Crippen LogP contribution in [0.5, 0.6) is 5.75 Å². The lowest BCUT2D eigenvalue weighted by Crippen LogP contribution is -2.22. The van der Waals surface area contributed by atoms with Crippen LogP contribution in [0.25, 0.3) is 0 Å². The molecule has 0 radical (unpaired) electrons. The number of aromatic nitrogens is 1. The number of nitrogens with zero attached hydrogens (tertiary/aromatic N) is 1. The van der Waals surface area contributed by atoms with Crippen molar-refractivity contribution in [2.45, 2.75) is 17.5 Å². The van der Waals surface area contributed by atoms with Crippen molar-refractivity contribution in [3.05, 3.63) is 72.1 Å². The fraction of sp³-hybridized carbons (Fsp3) is 0.182. The Labute approximate surface area is 193 Å². The van der Waals surface area contributed by atoms with E-state index in [-0.39, 0.29) is 16.3 Å². The SMILES string of the molecule is O=C(COc1cc2c(cc1C(F)(F)F)NCC2)Nc1cccc(S(=O)(=O)Nc2cccnc2)c1. The normalized spacial score (nSPS) is 13.0. The molecule has 2 heterocycles. The second-order valence-corrected chi connectivity index (χ2v) is 9.07. The summed E-state index contributed by atoms with van der Waals surface area (Å²) in [6, 6.07) is 10.8. The molecule has 0 atom stereocenters. The third-order valence-electron chi connectivity index (χ3n) is 4.92. The number of fused-ring (bicyclic) bond motifs is 1. The van der Waals surface area contributed by atoms with Gasteiger partial charge < -0.3 is 15.4 Å². The van der Waals surface area contributed by atoms with Crippen molar-refractivity contribution in [1.29, 1.82) is 0 Å². The monoisotopic (exact) mass is 492 g/mol. The number of amides is 1. The maximum Gasteiger partial charge on any atom is 0.420 e. The van der Waals surface area contributed by atoms with Crippen molar-refractivity contribution >= 4 is 33.0 Å². The van der Waals surface area contributed by atoms with Crippen molar-refractivity contribution in [3.63, 3.8) is 0 Å². The van der Waals surface area contributed by atoms with Gasteiger partial charge in [0.15, 0.2) is 6.61 Å². The van der Waals surface area contributed by atoms with Gasteiger partial charge in [-0.1, -0.05) is 6.07 Å². The molecule has 12 heteroatoms. The highest BCUT2D eigenvalue weighted by Gasteiger charge is 2.36. The van der Waals surface area contributed by atoms with Crippen molar-refractivity contribution in [2.24, 2.45) is 0 Å². The van der Waals surface area contributed by atoms with Crippen LogP contribution in [-0.4, -0.2) is 32.5 Å². The zero-order chi connectivity index (χ0) is 24.3. The van der Waals surface area contributed by atoms with E-state index in [9.17, 15) is 26.4 Å². The third kappa shape index (κ3) is 5.39. The molecule has 0 aliphatic carbocycles. The van der Waals surface area contributed by atoms with Crippen molar-refractivity contribution in [3.8, 4) is 5.75 Å². The molecule has 1 aliphatic rings. The van der Waals surface area contributed by atoms with Gasteiger partial charge in [0.05, 0.1) is 22.3 Å². The van der Waals surface area contributed by atoms with E-state index in [1.165, 1.54) is 48.8 Å². The minimum atomic E-state index is -4.66. The molecular formula is C22H19F3N4O4S. The number of alkyl halides is 3. The number of sulfonamides is 1. The van der Waals surface area contributed by atoms with Gasteiger partial charge in [-0.25, -0.2) is 8.42 Å². The number of anilines is 3. The van der Waals surface area contributed by atoms with E-state index >= 15 is 0 Å². The Morgan fingerprint density at radius 3 is 2.65 bits per heavy atom. The Bertz CT molecular complexity index is 1320. The van der Waals surface area contributed by atoms with Crippen LogP contribution >= 0.6 is 0 Å².